The minimum absolute atomic E-state index is 0.380. The van der Waals surface area contributed by atoms with Crippen LogP contribution in [0.15, 0.2) is 0 Å². The molecular weight excluding hydrogens is 228 g/mol. The number of nitrogens with two attached hydrogens (primary N) is 2. The van der Waals surface area contributed by atoms with E-state index < -0.39 is 6.09 Å². The number of primary amides is 1. The normalized spacial score (nSPS) is 25.7. The van der Waals surface area contributed by atoms with Crippen molar-refractivity contribution in [3.8, 4) is 0 Å². The fourth-order valence-electron chi connectivity index (χ4n) is 2.76. The highest BCUT2D eigenvalue weighted by Crippen LogP contribution is 2.32. The number of hydrogen-bond donors (Lipinski definition) is 2. The summed E-state index contributed by atoms with van der Waals surface area (Å²) in [5, 5.41) is 0. The minimum atomic E-state index is -0.648. The van der Waals surface area contributed by atoms with Gasteiger partial charge in [-0.05, 0) is 37.5 Å². The van der Waals surface area contributed by atoms with Gasteiger partial charge in [-0.2, -0.15) is 0 Å². The Morgan fingerprint density at radius 1 is 1.28 bits per heavy atom. The van der Waals surface area contributed by atoms with Gasteiger partial charge in [0.15, 0.2) is 0 Å². The average molecular weight is 256 g/mol. The molecule has 4 heteroatoms. The van der Waals surface area contributed by atoms with Crippen LogP contribution in [-0.4, -0.2) is 18.7 Å². The standard InChI is InChI=1S/C14H28N2O2/c1-2-13(15)5-3-4-11-6-8-12(9-7-11)10-18-14(16)17/h11-13H,2-10,15H2,1H3,(H2,16,17). The van der Waals surface area contributed by atoms with E-state index in [9.17, 15) is 4.79 Å². The van der Waals surface area contributed by atoms with Crippen molar-refractivity contribution in [1.29, 1.82) is 0 Å². The molecule has 0 aliphatic heterocycles. The van der Waals surface area contributed by atoms with Crippen LogP contribution < -0.4 is 11.5 Å². The van der Waals surface area contributed by atoms with Gasteiger partial charge in [0.1, 0.15) is 0 Å². The zero-order chi connectivity index (χ0) is 13.4. The molecule has 18 heavy (non-hydrogen) atoms. The van der Waals surface area contributed by atoms with Crippen LogP contribution >= 0.6 is 0 Å². The number of amides is 1. The maximum absolute atomic E-state index is 10.5. The van der Waals surface area contributed by atoms with Gasteiger partial charge in [-0.25, -0.2) is 4.79 Å². The third-order valence-corrected chi connectivity index (χ3v) is 4.14. The molecule has 4 N–H and O–H groups in total. The highest BCUT2D eigenvalue weighted by atomic mass is 16.5. The number of carbonyl (C=O) groups excluding carboxylic acids is 1. The first-order valence-corrected chi connectivity index (χ1v) is 7.29. The molecule has 0 radical (unpaired) electrons. The Labute approximate surface area is 110 Å². The summed E-state index contributed by atoms with van der Waals surface area (Å²) >= 11 is 0. The Kier molecular flexibility index (Phi) is 7.09. The SMILES string of the molecule is CCC(N)CCCC1CCC(COC(N)=O)CC1. The lowest BCUT2D eigenvalue weighted by molar-refractivity contribution is 0.115. The highest BCUT2D eigenvalue weighted by molar-refractivity contribution is 5.64. The van der Waals surface area contributed by atoms with Gasteiger partial charge in [-0.3, -0.25) is 0 Å². The summed E-state index contributed by atoms with van der Waals surface area (Å²) in [5.41, 5.74) is 10.9. The monoisotopic (exact) mass is 256 g/mol. The van der Waals surface area contributed by atoms with Crippen molar-refractivity contribution >= 4 is 6.09 Å². The average Bonchev–Trinajstić information content (AvgIpc) is 2.37. The number of hydrogen-bond acceptors (Lipinski definition) is 3. The van der Waals surface area contributed by atoms with E-state index in [1.807, 2.05) is 0 Å². The number of carbonyl (C=O) groups is 1. The van der Waals surface area contributed by atoms with Gasteiger partial charge < -0.3 is 16.2 Å². The van der Waals surface area contributed by atoms with Crippen molar-refractivity contribution in [2.24, 2.45) is 23.3 Å². The predicted octanol–water partition coefficient (Wildman–Crippen LogP) is 2.80. The third-order valence-electron chi connectivity index (χ3n) is 4.14. The van der Waals surface area contributed by atoms with Gasteiger partial charge in [0.05, 0.1) is 6.61 Å². The molecule has 0 aromatic heterocycles. The lowest BCUT2D eigenvalue weighted by Crippen LogP contribution is -2.23. The van der Waals surface area contributed by atoms with Crippen LogP contribution in [0.25, 0.3) is 0 Å². The quantitative estimate of drug-likeness (QED) is 0.735. The van der Waals surface area contributed by atoms with E-state index >= 15 is 0 Å². The molecule has 4 nitrogen and oxygen atoms in total. The molecule has 1 aliphatic rings. The topological polar surface area (TPSA) is 78.3 Å². The van der Waals surface area contributed by atoms with Gasteiger partial charge in [-0.1, -0.05) is 32.6 Å². The summed E-state index contributed by atoms with van der Waals surface area (Å²) in [6, 6.07) is 0.380. The highest BCUT2D eigenvalue weighted by Gasteiger charge is 2.21. The smallest absolute Gasteiger partial charge is 0.404 e. The molecule has 0 heterocycles. The summed E-state index contributed by atoms with van der Waals surface area (Å²) in [7, 11) is 0. The third kappa shape index (κ3) is 6.24. The van der Waals surface area contributed by atoms with E-state index in [2.05, 4.69) is 6.92 Å². The first-order valence-electron chi connectivity index (χ1n) is 7.29. The number of ether oxygens (including phenoxy) is 1. The van der Waals surface area contributed by atoms with Crippen molar-refractivity contribution in [1.82, 2.24) is 0 Å². The van der Waals surface area contributed by atoms with E-state index in [1.165, 1.54) is 25.7 Å². The molecule has 0 aromatic rings. The van der Waals surface area contributed by atoms with E-state index in [1.54, 1.807) is 0 Å². The van der Waals surface area contributed by atoms with Crippen LogP contribution in [-0.2, 0) is 4.74 Å². The Morgan fingerprint density at radius 2 is 1.89 bits per heavy atom. The van der Waals surface area contributed by atoms with Crippen molar-refractivity contribution in [3.63, 3.8) is 0 Å². The van der Waals surface area contributed by atoms with Gasteiger partial charge in [0, 0.05) is 6.04 Å². The molecule has 1 rings (SSSR count). The van der Waals surface area contributed by atoms with E-state index in [4.69, 9.17) is 16.2 Å². The summed E-state index contributed by atoms with van der Waals surface area (Å²) in [4.78, 5) is 10.5. The molecule has 0 spiro atoms. The van der Waals surface area contributed by atoms with E-state index in [0.29, 0.717) is 18.6 Å². The Morgan fingerprint density at radius 3 is 2.44 bits per heavy atom. The lowest BCUT2D eigenvalue weighted by atomic mass is 9.80. The fourth-order valence-corrected chi connectivity index (χ4v) is 2.76. The molecule has 1 saturated carbocycles. The Hall–Kier alpha value is -0.770. The Bertz CT molecular complexity index is 238. The van der Waals surface area contributed by atoms with Gasteiger partial charge in [-0.15, -0.1) is 0 Å². The first kappa shape index (κ1) is 15.3. The van der Waals surface area contributed by atoms with Crippen LogP contribution in [0, 0.1) is 11.8 Å². The maximum Gasteiger partial charge on any atom is 0.404 e. The van der Waals surface area contributed by atoms with Crippen LogP contribution in [0.4, 0.5) is 4.79 Å². The second kappa shape index (κ2) is 8.35. The molecule has 0 bridgehead atoms. The Balaban J connectivity index is 2.06. The van der Waals surface area contributed by atoms with Crippen molar-refractivity contribution in [2.75, 3.05) is 6.61 Å². The molecule has 106 valence electrons. The maximum atomic E-state index is 10.5. The second-order valence-corrected chi connectivity index (χ2v) is 5.62. The van der Waals surface area contributed by atoms with Gasteiger partial charge in [0.2, 0.25) is 0 Å². The summed E-state index contributed by atoms with van der Waals surface area (Å²) in [5.74, 6) is 1.37. The van der Waals surface area contributed by atoms with E-state index in [-0.39, 0.29) is 0 Å². The minimum Gasteiger partial charge on any atom is -0.449 e. The molecule has 1 fully saturated rings. The fraction of sp³-hybridized carbons (Fsp3) is 0.929. The molecule has 0 saturated heterocycles. The van der Waals surface area contributed by atoms with Crippen LogP contribution in [0.5, 0.6) is 0 Å². The summed E-state index contributed by atoms with van der Waals surface area (Å²) < 4.78 is 4.87. The van der Waals surface area contributed by atoms with Crippen LogP contribution in [0.3, 0.4) is 0 Å². The molecule has 1 unspecified atom stereocenters. The van der Waals surface area contributed by atoms with Crippen molar-refractivity contribution in [3.05, 3.63) is 0 Å². The van der Waals surface area contributed by atoms with E-state index in [0.717, 1.165) is 31.6 Å². The van der Waals surface area contributed by atoms with Crippen molar-refractivity contribution < 1.29 is 9.53 Å². The first-order chi connectivity index (χ1) is 8.61. The largest absolute Gasteiger partial charge is 0.449 e. The van der Waals surface area contributed by atoms with Crippen LogP contribution in [0.2, 0.25) is 0 Å². The lowest BCUT2D eigenvalue weighted by Gasteiger charge is -2.28. The van der Waals surface area contributed by atoms with Crippen LogP contribution in [0.1, 0.15) is 58.3 Å². The molecule has 1 amide bonds. The van der Waals surface area contributed by atoms with Crippen molar-refractivity contribution in [2.45, 2.75) is 64.3 Å². The molecule has 1 atom stereocenters. The van der Waals surface area contributed by atoms with Gasteiger partial charge >= 0.3 is 6.09 Å². The molecule has 1 aliphatic carbocycles. The zero-order valence-corrected chi connectivity index (χ0v) is 11.6. The zero-order valence-electron chi connectivity index (χ0n) is 11.6. The number of rotatable bonds is 7. The predicted molar refractivity (Wildman–Crippen MR) is 73.1 cm³/mol. The molecular formula is C14H28N2O2. The molecule has 0 aromatic carbocycles. The van der Waals surface area contributed by atoms with Gasteiger partial charge in [0.25, 0.3) is 0 Å². The summed E-state index contributed by atoms with van der Waals surface area (Å²) in [6.07, 6.45) is 8.99. The second-order valence-electron chi connectivity index (χ2n) is 5.62. The summed E-state index contributed by atoms with van der Waals surface area (Å²) in [6.45, 7) is 2.65.